The lowest BCUT2D eigenvalue weighted by Crippen LogP contribution is -2.46. The molecule has 1 aliphatic rings. The van der Waals surface area contributed by atoms with Crippen LogP contribution in [0.2, 0.25) is 0 Å². The number of pyridine rings is 1. The van der Waals surface area contributed by atoms with Gasteiger partial charge in [0.2, 0.25) is 0 Å². The van der Waals surface area contributed by atoms with Gasteiger partial charge in [0.1, 0.15) is 0 Å². The Morgan fingerprint density at radius 3 is 2.68 bits per heavy atom. The van der Waals surface area contributed by atoms with Crippen molar-refractivity contribution in [3.8, 4) is 0 Å². The molecule has 1 aromatic carbocycles. The molecule has 1 saturated heterocycles. The van der Waals surface area contributed by atoms with Crippen molar-refractivity contribution in [2.45, 2.75) is 53.2 Å². The Kier molecular flexibility index (Phi) is 8.46. The van der Waals surface area contributed by atoms with Crippen molar-refractivity contribution in [3.63, 3.8) is 0 Å². The predicted molar refractivity (Wildman–Crippen MR) is 132 cm³/mol. The van der Waals surface area contributed by atoms with Crippen LogP contribution in [-0.4, -0.2) is 65.3 Å². The molecule has 3 rings (SSSR count). The molecular weight excluding hydrogens is 408 g/mol. The van der Waals surface area contributed by atoms with Gasteiger partial charge in [0, 0.05) is 42.7 Å². The van der Waals surface area contributed by atoms with E-state index in [9.17, 15) is 4.79 Å². The SMILES string of the molecule is CCN(CC)CCN(Cc1cc2c(C)cc(C)cc2[nH]c1=O)C(=S)NC[C@@H]1CCCO1. The molecule has 6 nitrogen and oxygen atoms in total. The zero-order valence-corrected chi connectivity index (χ0v) is 20.1. The van der Waals surface area contributed by atoms with Crippen LogP contribution in [0.3, 0.4) is 0 Å². The Labute approximate surface area is 191 Å². The van der Waals surface area contributed by atoms with Gasteiger partial charge in [-0.15, -0.1) is 0 Å². The molecule has 0 saturated carbocycles. The summed E-state index contributed by atoms with van der Waals surface area (Å²) in [7, 11) is 0. The van der Waals surface area contributed by atoms with Crippen LogP contribution in [0.1, 0.15) is 43.4 Å². The van der Waals surface area contributed by atoms with Gasteiger partial charge in [-0.2, -0.15) is 0 Å². The Balaban J connectivity index is 1.79. The molecule has 0 aliphatic carbocycles. The number of ether oxygens (including phenoxy) is 1. The van der Waals surface area contributed by atoms with Crippen LogP contribution in [0.25, 0.3) is 10.9 Å². The molecule has 31 heavy (non-hydrogen) atoms. The van der Waals surface area contributed by atoms with Crippen LogP contribution in [0, 0.1) is 13.8 Å². The quantitative estimate of drug-likeness (QED) is 0.579. The van der Waals surface area contributed by atoms with E-state index in [2.05, 4.69) is 46.9 Å². The number of rotatable bonds is 9. The summed E-state index contributed by atoms with van der Waals surface area (Å²) in [5, 5.41) is 5.15. The maximum Gasteiger partial charge on any atom is 0.253 e. The lowest BCUT2D eigenvalue weighted by Gasteiger charge is -2.29. The first kappa shape index (κ1) is 23.7. The molecule has 0 spiro atoms. The van der Waals surface area contributed by atoms with Crippen molar-refractivity contribution in [1.29, 1.82) is 0 Å². The van der Waals surface area contributed by atoms with Crippen LogP contribution in [0.5, 0.6) is 0 Å². The van der Waals surface area contributed by atoms with E-state index in [-0.39, 0.29) is 11.7 Å². The first-order valence-electron chi connectivity index (χ1n) is 11.4. The number of aromatic nitrogens is 1. The van der Waals surface area contributed by atoms with Crippen LogP contribution in [0.4, 0.5) is 0 Å². The maximum atomic E-state index is 12.9. The minimum Gasteiger partial charge on any atom is -0.376 e. The topological polar surface area (TPSA) is 60.6 Å². The summed E-state index contributed by atoms with van der Waals surface area (Å²) in [5.74, 6) is 0. The number of hydrogen-bond acceptors (Lipinski definition) is 4. The van der Waals surface area contributed by atoms with E-state index >= 15 is 0 Å². The van der Waals surface area contributed by atoms with E-state index in [1.54, 1.807) is 0 Å². The van der Waals surface area contributed by atoms with Crippen molar-refractivity contribution in [2.75, 3.05) is 39.3 Å². The largest absolute Gasteiger partial charge is 0.376 e. The second-order valence-electron chi connectivity index (χ2n) is 8.44. The lowest BCUT2D eigenvalue weighted by atomic mass is 10.0. The summed E-state index contributed by atoms with van der Waals surface area (Å²) in [4.78, 5) is 20.4. The standard InChI is InChI=1S/C24H36N4O2S/c1-5-27(6-2)9-10-28(24(31)25-15-20-8-7-11-30-20)16-19-14-21-18(4)12-17(3)13-22(21)26-23(19)29/h12-14,20H,5-11,15-16H2,1-4H3,(H,25,31)(H,26,29)/t20-/m0/s1. The van der Waals surface area contributed by atoms with Gasteiger partial charge in [0.15, 0.2) is 5.11 Å². The molecule has 0 bridgehead atoms. The van der Waals surface area contributed by atoms with Crippen LogP contribution >= 0.6 is 12.2 Å². The maximum absolute atomic E-state index is 12.9. The Hall–Kier alpha value is -1.96. The van der Waals surface area contributed by atoms with Gasteiger partial charge in [-0.1, -0.05) is 19.9 Å². The van der Waals surface area contributed by atoms with Gasteiger partial charge in [0.05, 0.1) is 12.6 Å². The van der Waals surface area contributed by atoms with Gasteiger partial charge in [-0.25, -0.2) is 0 Å². The molecule has 0 unspecified atom stereocenters. The Bertz CT molecular complexity index is 948. The normalized spacial score (nSPS) is 16.2. The lowest BCUT2D eigenvalue weighted by molar-refractivity contribution is 0.113. The monoisotopic (exact) mass is 444 g/mol. The number of hydrogen-bond donors (Lipinski definition) is 2. The summed E-state index contributed by atoms with van der Waals surface area (Å²) < 4.78 is 5.72. The summed E-state index contributed by atoms with van der Waals surface area (Å²) >= 11 is 5.74. The summed E-state index contributed by atoms with van der Waals surface area (Å²) in [6.07, 6.45) is 2.39. The highest BCUT2D eigenvalue weighted by Crippen LogP contribution is 2.19. The van der Waals surface area contributed by atoms with E-state index in [1.165, 1.54) is 5.56 Å². The smallest absolute Gasteiger partial charge is 0.253 e. The average Bonchev–Trinajstić information content (AvgIpc) is 3.26. The highest BCUT2D eigenvalue weighted by molar-refractivity contribution is 7.80. The molecule has 2 aromatic rings. The van der Waals surface area contributed by atoms with Crippen molar-refractivity contribution in [1.82, 2.24) is 20.1 Å². The van der Waals surface area contributed by atoms with E-state index in [0.29, 0.717) is 18.2 Å². The summed E-state index contributed by atoms with van der Waals surface area (Å²) in [6, 6.07) is 6.20. The number of aryl methyl sites for hydroxylation is 2. The second kappa shape index (κ2) is 11.1. The molecule has 0 radical (unpaired) electrons. The fourth-order valence-electron chi connectivity index (χ4n) is 4.21. The summed E-state index contributed by atoms with van der Waals surface area (Å²) in [6.45, 7) is 14.2. The number of benzene rings is 1. The molecule has 2 N–H and O–H groups in total. The third-order valence-corrected chi connectivity index (χ3v) is 6.53. The Morgan fingerprint density at radius 1 is 1.23 bits per heavy atom. The third kappa shape index (κ3) is 6.28. The average molecular weight is 445 g/mol. The van der Waals surface area contributed by atoms with Gasteiger partial charge in [0.25, 0.3) is 5.56 Å². The number of fused-ring (bicyclic) bond motifs is 1. The third-order valence-electron chi connectivity index (χ3n) is 6.12. The van der Waals surface area contributed by atoms with E-state index in [1.807, 2.05) is 19.1 Å². The van der Waals surface area contributed by atoms with Crippen molar-refractivity contribution in [2.24, 2.45) is 0 Å². The zero-order chi connectivity index (χ0) is 22.4. The number of nitrogens with zero attached hydrogens (tertiary/aromatic N) is 2. The Morgan fingerprint density at radius 2 is 2.00 bits per heavy atom. The molecule has 1 aromatic heterocycles. The minimum absolute atomic E-state index is 0.0488. The van der Waals surface area contributed by atoms with Crippen LogP contribution in [-0.2, 0) is 11.3 Å². The number of aromatic amines is 1. The molecule has 2 heterocycles. The zero-order valence-electron chi connectivity index (χ0n) is 19.3. The number of H-pyrrole nitrogens is 1. The first-order chi connectivity index (χ1) is 14.9. The second-order valence-corrected chi connectivity index (χ2v) is 8.82. The van der Waals surface area contributed by atoms with Gasteiger partial charge in [-0.3, -0.25) is 4.79 Å². The molecule has 1 fully saturated rings. The van der Waals surface area contributed by atoms with Gasteiger partial charge in [-0.05, 0) is 75.3 Å². The molecule has 170 valence electrons. The number of likely N-dealkylation sites (N-methyl/N-ethyl adjacent to an activating group) is 1. The molecule has 1 aliphatic heterocycles. The highest BCUT2D eigenvalue weighted by atomic mass is 32.1. The molecular formula is C24H36N4O2S. The predicted octanol–water partition coefficient (Wildman–Crippen LogP) is 3.34. The highest BCUT2D eigenvalue weighted by Gasteiger charge is 2.19. The number of thiocarbonyl (C=S) groups is 1. The van der Waals surface area contributed by atoms with Crippen LogP contribution in [0.15, 0.2) is 23.0 Å². The summed E-state index contributed by atoms with van der Waals surface area (Å²) in [5.41, 5.74) is 3.89. The van der Waals surface area contributed by atoms with Crippen LogP contribution < -0.4 is 10.9 Å². The van der Waals surface area contributed by atoms with Crippen molar-refractivity contribution in [3.05, 3.63) is 45.2 Å². The first-order valence-corrected chi connectivity index (χ1v) is 11.8. The van der Waals surface area contributed by atoms with Gasteiger partial charge < -0.3 is 24.8 Å². The van der Waals surface area contributed by atoms with Crippen molar-refractivity contribution >= 4 is 28.2 Å². The fourth-order valence-corrected chi connectivity index (χ4v) is 4.45. The van der Waals surface area contributed by atoms with Gasteiger partial charge >= 0.3 is 0 Å². The van der Waals surface area contributed by atoms with E-state index < -0.39 is 0 Å². The van der Waals surface area contributed by atoms with E-state index in [4.69, 9.17) is 17.0 Å². The van der Waals surface area contributed by atoms with E-state index in [0.717, 1.165) is 67.7 Å². The number of nitrogens with one attached hydrogen (secondary N) is 2. The molecule has 1 atom stereocenters. The molecule has 7 heteroatoms. The minimum atomic E-state index is -0.0488. The molecule has 0 amide bonds. The fraction of sp³-hybridized carbons (Fsp3) is 0.583. The van der Waals surface area contributed by atoms with Crippen molar-refractivity contribution < 1.29 is 4.74 Å².